The minimum absolute atomic E-state index is 0.0229. The molecule has 2 atom stereocenters. The molecule has 1 saturated carbocycles. The van der Waals surface area contributed by atoms with Gasteiger partial charge in [-0.1, -0.05) is 13.8 Å². The first-order valence-electron chi connectivity index (χ1n) is 6.64. The Hall–Kier alpha value is -0.120. The molecule has 2 N–H and O–H groups in total. The Labute approximate surface area is 100 Å². The van der Waals surface area contributed by atoms with E-state index in [9.17, 15) is 5.11 Å². The summed E-state index contributed by atoms with van der Waals surface area (Å²) < 4.78 is 0. The van der Waals surface area contributed by atoms with Crippen LogP contribution < -0.4 is 5.32 Å². The van der Waals surface area contributed by atoms with Crippen LogP contribution in [0.3, 0.4) is 0 Å². The highest BCUT2D eigenvalue weighted by atomic mass is 16.3. The van der Waals surface area contributed by atoms with Gasteiger partial charge in [-0.05, 0) is 46.2 Å². The molecule has 2 unspecified atom stereocenters. The van der Waals surface area contributed by atoms with Crippen LogP contribution in [0.15, 0.2) is 0 Å². The van der Waals surface area contributed by atoms with Crippen LogP contribution in [0, 0.1) is 0 Å². The summed E-state index contributed by atoms with van der Waals surface area (Å²) in [5, 5.41) is 12.8. The summed E-state index contributed by atoms with van der Waals surface area (Å²) in [5.41, 5.74) is -0.0229. The highest BCUT2D eigenvalue weighted by molar-refractivity contribution is 4.98. The van der Waals surface area contributed by atoms with Gasteiger partial charge in [-0.2, -0.15) is 0 Å². The Kier molecular flexibility index (Phi) is 5.22. The van der Waals surface area contributed by atoms with Gasteiger partial charge in [0.25, 0.3) is 0 Å². The second-order valence-electron chi connectivity index (χ2n) is 5.22. The quantitative estimate of drug-likeness (QED) is 0.725. The molecule has 1 aliphatic carbocycles. The number of likely N-dealkylation sites (N-methyl/N-ethyl adjacent to an activating group) is 1. The lowest BCUT2D eigenvalue weighted by molar-refractivity contribution is 0.135. The zero-order chi connectivity index (χ0) is 12.2. The third-order valence-electron chi connectivity index (χ3n) is 4.51. The summed E-state index contributed by atoms with van der Waals surface area (Å²) in [4.78, 5) is 2.52. The molecule has 16 heavy (non-hydrogen) atoms. The van der Waals surface area contributed by atoms with Crippen molar-refractivity contribution in [2.75, 3.05) is 20.7 Å². The van der Waals surface area contributed by atoms with Crippen LogP contribution in [0.25, 0.3) is 0 Å². The fourth-order valence-electron chi connectivity index (χ4n) is 3.06. The number of hydrogen-bond donors (Lipinski definition) is 2. The van der Waals surface area contributed by atoms with Crippen LogP contribution in [0.2, 0.25) is 0 Å². The zero-order valence-electron chi connectivity index (χ0n) is 11.3. The second-order valence-corrected chi connectivity index (χ2v) is 5.22. The molecule has 0 heterocycles. The van der Waals surface area contributed by atoms with Crippen LogP contribution in [0.4, 0.5) is 0 Å². The fourth-order valence-corrected chi connectivity index (χ4v) is 3.06. The van der Waals surface area contributed by atoms with Crippen LogP contribution in [-0.4, -0.2) is 48.3 Å². The first-order chi connectivity index (χ1) is 7.62. The van der Waals surface area contributed by atoms with E-state index in [2.05, 4.69) is 31.1 Å². The van der Waals surface area contributed by atoms with Gasteiger partial charge >= 0.3 is 0 Å². The lowest BCUT2D eigenvalue weighted by Crippen LogP contribution is -2.46. The van der Waals surface area contributed by atoms with Crippen molar-refractivity contribution in [3.05, 3.63) is 0 Å². The molecule has 1 aliphatic rings. The van der Waals surface area contributed by atoms with Gasteiger partial charge in [0.1, 0.15) is 0 Å². The molecule has 1 rings (SSSR count). The normalized spacial score (nSPS) is 30.6. The predicted octanol–water partition coefficient (Wildman–Crippen LogP) is 1.61. The molecule has 3 heteroatoms. The highest BCUT2D eigenvalue weighted by Crippen LogP contribution is 2.33. The molecule has 1 fully saturated rings. The van der Waals surface area contributed by atoms with Crippen molar-refractivity contribution >= 4 is 0 Å². The smallest absolute Gasteiger partial charge is 0.0613 e. The number of nitrogens with zero attached hydrogens (tertiary/aromatic N) is 1. The molecule has 0 bridgehead atoms. The van der Waals surface area contributed by atoms with Gasteiger partial charge in [-0.25, -0.2) is 0 Å². The van der Waals surface area contributed by atoms with Crippen molar-refractivity contribution in [1.82, 2.24) is 10.2 Å². The number of hydrogen-bond acceptors (Lipinski definition) is 3. The van der Waals surface area contributed by atoms with Crippen LogP contribution >= 0.6 is 0 Å². The Morgan fingerprint density at radius 3 is 2.44 bits per heavy atom. The SMILES string of the molecule is CCC(CC)N(C)C1CCC(CO)(NC)C1. The average molecular weight is 228 g/mol. The van der Waals surface area contributed by atoms with Crippen molar-refractivity contribution in [2.45, 2.75) is 63.6 Å². The van der Waals surface area contributed by atoms with Gasteiger partial charge < -0.3 is 15.3 Å². The summed E-state index contributed by atoms with van der Waals surface area (Å²) >= 11 is 0. The Bertz CT molecular complexity index is 200. The molecular formula is C13H28N2O. The van der Waals surface area contributed by atoms with Gasteiger partial charge in [0.15, 0.2) is 0 Å². The second kappa shape index (κ2) is 5.99. The van der Waals surface area contributed by atoms with Crippen LogP contribution in [-0.2, 0) is 0 Å². The largest absolute Gasteiger partial charge is 0.394 e. The maximum Gasteiger partial charge on any atom is 0.0613 e. The number of aliphatic hydroxyl groups excluding tert-OH is 1. The summed E-state index contributed by atoms with van der Waals surface area (Å²) in [6, 6.07) is 1.32. The first-order valence-corrected chi connectivity index (χ1v) is 6.64. The van der Waals surface area contributed by atoms with E-state index < -0.39 is 0 Å². The Morgan fingerprint density at radius 2 is 2.06 bits per heavy atom. The maximum atomic E-state index is 9.49. The fraction of sp³-hybridized carbons (Fsp3) is 1.00. The molecule has 0 spiro atoms. The summed E-state index contributed by atoms with van der Waals surface area (Å²) in [7, 11) is 4.21. The van der Waals surface area contributed by atoms with E-state index in [0.29, 0.717) is 12.1 Å². The highest BCUT2D eigenvalue weighted by Gasteiger charge is 2.39. The Balaban J connectivity index is 2.58. The van der Waals surface area contributed by atoms with Crippen molar-refractivity contribution in [3.8, 4) is 0 Å². The van der Waals surface area contributed by atoms with Crippen molar-refractivity contribution < 1.29 is 5.11 Å². The average Bonchev–Trinajstić information content (AvgIpc) is 2.75. The van der Waals surface area contributed by atoms with E-state index in [1.807, 2.05) is 7.05 Å². The third kappa shape index (κ3) is 2.76. The minimum atomic E-state index is -0.0229. The molecule has 3 nitrogen and oxygen atoms in total. The van der Waals surface area contributed by atoms with E-state index in [0.717, 1.165) is 12.8 Å². The number of rotatable bonds is 6. The van der Waals surface area contributed by atoms with Crippen LogP contribution in [0.5, 0.6) is 0 Å². The summed E-state index contributed by atoms with van der Waals surface area (Å²) in [6.45, 7) is 4.78. The lowest BCUT2D eigenvalue weighted by atomic mass is 9.98. The molecule has 0 aliphatic heterocycles. The summed E-state index contributed by atoms with van der Waals surface area (Å²) in [6.07, 6.45) is 5.81. The van der Waals surface area contributed by atoms with Gasteiger partial charge in [0.05, 0.1) is 6.61 Å². The Morgan fingerprint density at radius 1 is 1.44 bits per heavy atom. The van der Waals surface area contributed by atoms with Crippen molar-refractivity contribution in [2.24, 2.45) is 0 Å². The first kappa shape index (κ1) is 13.9. The molecule has 96 valence electrons. The molecule has 0 radical (unpaired) electrons. The van der Waals surface area contributed by atoms with Gasteiger partial charge in [0, 0.05) is 17.6 Å². The molecule has 0 aromatic carbocycles. The van der Waals surface area contributed by atoms with E-state index in [1.54, 1.807) is 0 Å². The van der Waals surface area contributed by atoms with Crippen molar-refractivity contribution in [1.29, 1.82) is 0 Å². The summed E-state index contributed by atoms with van der Waals surface area (Å²) in [5.74, 6) is 0. The number of aliphatic hydroxyl groups is 1. The molecular weight excluding hydrogens is 200 g/mol. The molecule has 0 aromatic rings. The molecule has 0 aromatic heterocycles. The zero-order valence-corrected chi connectivity index (χ0v) is 11.3. The van der Waals surface area contributed by atoms with Gasteiger partial charge in [-0.15, -0.1) is 0 Å². The third-order valence-corrected chi connectivity index (χ3v) is 4.51. The predicted molar refractivity (Wildman–Crippen MR) is 68.6 cm³/mol. The lowest BCUT2D eigenvalue weighted by Gasteiger charge is -2.33. The molecule has 0 amide bonds. The van der Waals surface area contributed by atoms with E-state index in [-0.39, 0.29) is 12.1 Å². The molecule has 0 saturated heterocycles. The minimum Gasteiger partial charge on any atom is -0.394 e. The van der Waals surface area contributed by atoms with Crippen LogP contribution in [0.1, 0.15) is 46.0 Å². The van der Waals surface area contributed by atoms with E-state index in [1.165, 1.54) is 19.3 Å². The van der Waals surface area contributed by atoms with Gasteiger partial charge in [0.2, 0.25) is 0 Å². The maximum absolute atomic E-state index is 9.49. The van der Waals surface area contributed by atoms with E-state index >= 15 is 0 Å². The standard InChI is InChI=1S/C13H28N2O/c1-5-11(6-2)15(4)12-7-8-13(9-12,10-16)14-3/h11-12,14,16H,5-10H2,1-4H3. The topological polar surface area (TPSA) is 35.5 Å². The van der Waals surface area contributed by atoms with Crippen molar-refractivity contribution in [3.63, 3.8) is 0 Å². The van der Waals surface area contributed by atoms with Gasteiger partial charge in [-0.3, -0.25) is 0 Å². The number of nitrogens with one attached hydrogen (secondary N) is 1. The van der Waals surface area contributed by atoms with E-state index in [4.69, 9.17) is 0 Å². The monoisotopic (exact) mass is 228 g/mol.